The zero-order valence-corrected chi connectivity index (χ0v) is 21.7. The van der Waals surface area contributed by atoms with Crippen LogP contribution < -0.4 is 15.4 Å². The normalized spacial score (nSPS) is 12.4. The van der Waals surface area contributed by atoms with Crippen molar-refractivity contribution in [2.45, 2.75) is 51.4 Å². The second-order valence-electron chi connectivity index (χ2n) is 8.92. The van der Waals surface area contributed by atoms with Crippen molar-refractivity contribution < 1.29 is 9.53 Å². The van der Waals surface area contributed by atoms with Crippen molar-refractivity contribution in [3.8, 4) is 0 Å². The summed E-state index contributed by atoms with van der Waals surface area (Å²) >= 11 is 1.67. The summed E-state index contributed by atoms with van der Waals surface area (Å²) in [5.41, 5.74) is 8.48. The molecule has 9 nitrogen and oxygen atoms in total. The Hall–Kier alpha value is -2.95. The first kappa shape index (κ1) is 26.7. The van der Waals surface area contributed by atoms with Gasteiger partial charge in [-0.05, 0) is 54.3 Å². The predicted molar refractivity (Wildman–Crippen MR) is 140 cm³/mol. The average Bonchev–Trinajstić information content (AvgIpc) is 3.31. The molecule has 3 N–H and O–H groups in total. The predicted octanol–water partition coefficient (Wildman–Crippen LogP) is 3.13. The molecule has 0 aliphatic heterocycles. The van der Waals surface area contributed by atoms with Crippen molar-refractivity contribution in [2.24, 2.45) is 5.73 Å². The molecule has 1 aromatic heterocycles. The van der Waals surface area contributed by atoms with E-state index in [1.807, 2.05) is 36.4 Å². The Bertz CT molecular complexity index is 1070. The van der Waals surface area contributed by atoms with E-state index in [9.17, 15) is 4.79 Å². The van der Waals surface area contributed by atoms with Gasteiger partial charge in [-0.25, -0.2) is 4.68 Å². The Labute approximate surface area is 211 Å². The summed E-state index contributed by atoms with van der Waals surface area (Å²) in [4.78, 5) is 12.7. The monoisotopic (exact) mass is 497 g/mol. The fraction of sp³-hybridized carbons (Fsp3) is 0.440. The van der Waals surface area contributed by atoms with Crippen LogP contribution in [0.2, 0.25) is 0 Å². The minimum Gasteiger partial charge on any atom is -0.374 e. The number of anilines is 1. The smallest absolute Gasteiger partial charge is 0.240 e. The molecule has 2 aromatic carbocycles. The first-order valence-corrected chi connectivity index (χ1v) is 12.8. The fourth-order valence-electron chi connectivity index (χ4n) is 3.56. The molecule has 1 amide bonds. The van der Waals surface area contributed by atoms with Crippen molar-refractivity contribution in [2.75, 3.05) is 24.2 Å². The number of carbonyl (C=O) groups excluding carboxylic acids is 1. The lowest BCUT2D eigenvalue weighted by molar-refractivity contribution is -0.126. The molecule has 188 valence electrons. The highest BCUT2D eigenvalue weighted by molar-refractivity contribution is 7.99. The number of rotatable bonds is 13. The number of hydrogen-bond acceptors (Lipinski definition) is 8. The van der Waals surface area contributed by atoms with Crippen molar-refractivity contribution in [1.82, 2.24) is 25.5 Å². The molecular weight excluding hydrogens is 462 g/mol. The second kappa shape index (κ2) is 12.7. The van der Waals surface area contributed by atoms with Gasteiger partial charge >= 0.3 is 0 Å². The number of tetrazole rings is 1. The largest absolute Gasteiger partial charge is 0.374 e. The third-order valence-electron chi connectivity index (χ3n) is 5.58. The van der Waals surface area contributed by atoms with Gasteiger partial charge in [0.2, 0.25) is 5.91 Å². The quantitative estimate of drug-likeness (QED) is 0.347. The number of nitrogens with two attached hydrogens (primary N) is 1. The third-order valence-corrected chi connectivity index (χ3v) is 6.32. The standard InChI is InChI=1S/C25H35N7O2S/c1-25(2,26)24(33)27-21(18-34-17-19-11-6-5-7-12-19)23-28-29-30-32(23)16-10-14-20-13-8-9-15-22(20)31(3)35-4/h5-9,11-13,15,21H,10,14,16-18,26H2,1-4H3,(H,27,33)/t21-/m1/s1. The Morgan fingerprint density at radius 1 is 1.20 bits per heavy atom. The number of nitrogens with one attached hydrogen (secondary N) is 1. The molecule has 0 radical (unpaired) electrons. The topological polar surface area (TPSA) is 111 Å². The van der Waals surface area contributed by atoms with Crippen molar-refractivity contribution in [3.63, 3.8) is 0 Å². The van der Waals surface area contributed by atoms with Gasteiger partial charge in [0, 0.05) is 25.5 Å². The van der Waals surface area contributed by atoms with Crippen molar-refractivity contribution in [3.05, 3.63) is 71.5 Å². The van der Waals surface area contributed by atoms with Crippen LogP contribution in [0.15, 0.2) is 54.6 Å². The van der Waals surface area contributed by atoms with E-state index in [0.29, 0.717) is 19.0 Å². The van der Waals surface area contributed by atoms with Crippen LogP contribution in [0.3, 0.4) is 0 Å². The number of aromatic nitrogens is 4. The first-order chi connectivity index (χ1) is 16.8. The molecule has 10 heteroatoms. The van der Waals surface area contributed by atoms with E-state index in [1.54, 1.807) is 30.5 Å². The van der Waals surface area contributed by atoms with Gasteiger partial charge in [0.15, 0.2) is 5.82 Å². The lowest BCUT2D eigenvalue weighted by atomic mass is 10.1. The van der Waals surface area contributed by atoms with E-state index in [2.05, 4.69) is 56.6 Å². The molecule has 0 saturated heterocycles. The maximum Gasteiger partial charge on any atom is 0.240 e. The van der Waals surface area contributed by atoms with Crippen LogP contribution in [0.25, 0.3) is 0 Å². The van der Waals surface area contributed by atoms with E-state index in [0.717, 1.165) is 18.4 Å². The third kappa shape index (κ3) is 7.78. The Balaban J connectivity index is 1.68. The Morgan fingerprint density at radius 2 is 1.91 bits per heavy atom. The van der Waals surface area contributed by atoms with Crippen LogP contribution in [-0.4, -0.2) is 51.6 Å². The SMILES string of the molecule is CSN(C)c1ccccc1CCCn1nnnc1[C@@H](COCc1ccccc1)NC(=O)C(C)(C)N. The summed E-state index contributed by atoms with van der Waals surface area (Å²) in [6, 6.07) is 17.7. The van der Waals surface area contributed by atoms with Gasteiger partial charge in [-0.1, -0.05) is 60.5 Å². The minimum atomic E-state index is -1.04. The fourth-order valence-corrected chi connectivity index (χ4v) is 3.94. The summed E-state index contributed by atoms with van der Waals surface area (Å²) in [5.74, 6) is 0.250. The summed E-state index contributed by atoms with van der Waals surface area (Å²) in [6.07, 6.45) is 3.77. The van der Waals surface area contributed by atoms with Crippen LogP contribution in [0.5, 0.6) is 0 Å². The molecule has 3 aromatic rings. The molecule has 1 heterocycles. The molecule has 35 heavy (non-hydrogen) atoms. The Morgan fingerprint density at radius 3 is 2.63 bits per heavy atom. The van der Waals surface area contributed by atoms with E-state index >= 15 is 0 Å². The van der Waals surface area contributed by atoms with Gasteiger partial charge in [-0.2, -0.15) is 0 Å². The molecule has 0 aliphatic rings. The van der Waals surface area contributed by atoms with Gasteiger partial charge < -0.3 is 20.1 Å². The highest BCUT2D eigenvalue weighted by Gasteiger charge is 2.28. The van der Waals surface area contributed by atoms with E-state index in [1.165, 1.54) is 11.3 Å². The molecule has 0 unspecified atom stereocenters. The molecule has 3 rings (SSSR count). The van der Waals surface area contributed by atoms with Crippen LogP contribution in [0, 0.1) is 0 Å². The summed E-state index contributed by atoms with van der Waals surface area (Å²) < 4.78 is 9.82. The van der Waals surface area contributed by atoms with Crippen LogP contribution >= 0.6 is 11.9 Å². The molecule has 0 saturated carbocycles. The number of aryl methyl sites for hydroxylation is 2. The van der Waals surface area contributed by atoms with E-state index < -0.39 is 11.6 Å². The van der Waals surface area contributed by atoms with Gasteiger partial charge in [0.25, 0.3) is 0 Å². The Kier molecular flexibility index (Phi) is 9.64. The maximum atomic E-state index is 12.7. The lowest BCUT2D eigenvalue weighted by Gasteiger charge is -2.24. The number of ether oxygens (including phenoxy) is 1. The van der Waals surface area contributed by atoms with Crippen molar-refractivity contribution in [1.29, 1.82) is 0 Å². The summed E-state index contributed by atoms with van der Waals surface area (Å²) in [7, 11) is 2.06. The zero-order chi connectivity index (χ0) is 25.3. The van der Waals surface area contributed by atoms with Crippen LogP contribution in [0.1, 0.15) is 43.3 Å². The van der Waals surface area contributed by atoms with Gasteiger partial charge in [0.1, 0.15) is 6.04 Å². The molecular formula is C25H35N7O2S. The number of benzene rings is 2. The summed E-state index contributed by atoms with van der Waals surface area (Å²) in [5, 5.41) is 15.2. The van der Waals surface area contributed by atoms with Gasteiger partial charge in [0.05, 0.1) is 18.8 Å². The number of carbonyl (C=O) groups is 1. The summed E-state index contributed by atoms with van der Waals surface area (Å²) in [6.45, 7) is 4.57. The molecule has 0 spiro atoms. The minimum absolute atomic E-state index is 0.221. The molecule has 0 fully saturated rings. The average molecular weight is 498 g/mol. The first-order valence-electron chi connectivity index (χ1n) is 11.6. The van der Waals surface area contributed by atoms with Crippen LogP contribution in [-0.2, 0) is 29.1 Å². The molecule has 0 bridgehead atoms. The molecule has 0 aliphatic carbocycles. The maximum absolute atomic E-state index is 12.7. The van der Waals surface area contributed by atoms with Crippen LogP contribution in [0.4, 0.5) is 5.69 Å². The number of para-hydroxylation sites is 1. The van der Waals surface area contributed by atoms with E-state index in [-0.39, 0.29) is 12.5 Å². The lowest BCUT2D eigenvalue weighted by Crippen LogP contribution is -2.51. The molecule has 1 atom stereocenters. The highest BCUT2D eigenvalue weighted by atomic mass is 32.2. The highest BCUT2D eigenvalue weighted by Crippen LogP contribution is 2.25. The van der Waals surface area contributed by atoms with E-state index in [4.69, 9.17) is 10.5 Å². The van der Waals surface area contributed by atoms with Gasteiger partial charge in [-0.15, -0.1) is 5.10 Å². The second-order valence-corrected chi connectivity index (χ2v) is 9.83. The van der Waals surface area contributed by atoms with Gasteiger partial charge in [-0.3, -0.25) is 4.79 Å². The number of nitrogens with zero attached hydrogens (tertiary/aromatic N) is 5. The number of hydrogen-bond donors (Lipinski definition) is 2. The zero-order valence-electron chi connectivity index (χ0n) is 20.8. The van der Waals surface area contributed by atoms with Crippen molar-refractivity contribution >= 4 is 23.5 Å². The number of amides is 1.